The van der Waals surface area contributed by atoms with Gasteiger partial charge in [0.2, 0.25) is 5.91 Å². The first-order chi connectivity index (χ1) is 5.71. The molecule has 1 amide bonds. The van der Waals surface area contributed by atoms with Crippen molar-refractivity contribution < 1.29 is 9.90 Å². The molecular weight excluding hydrogens is 154 g/mol. The number of nitrogens with two attached hydrogens (primary N) is 1. The van der Waals surface area contributed by atoms with E-state index in [1.165, 1.54) is 0 Å². The Morgan fingerprint density at radius 1 is 1.42 bits per heavy atom. The predicted octanol–water partition coefficient (Wildman–Crippen LogP) is 0.805. The second-order valence-electron chi connectivity index (χ2n) is 3.68. The van der Waals surface area contributed by atoms with E-state index >= 15 is 0 Å². The number of hydrogen-bond acceptors (Lipinski definition) is 2. The number of amides is 1. The molecule has 3 N–H and O–H groups in total. The highest BCUT2D eigenvalue weighted by atomic mass is 16.3. The van der Waals surface area contributed by atoms with Gasteiger partial charge in [0, 0.05) is 12.0 Å². The average Bonchev–Trinajstić information content (AvgIpc) is 2.50. The summed E-state index contributed by atoms with van der Waals surface area (Å²) >= 11 is 0. The monoisotopic (exact) mass is 171 g/mol. The molecule has 12 heavy (non-hydrogen) atoms. The summed E-state index contributed by atoms with van der Waals surface area (Å²) in [6.07, 6.45) is 5.51. The molecule has 0 aliphatic heterocycles. The number of rotatable bonds is 4. The zero-order valence-corrected chi connectivity index (χ0v) is 7.38. The zero-order valence-electron chi connectivity index (χ0n) is 7.38. The Labute approximate surface area is 72.9 Å². The first-order valence-electron chi connectivity index (χ1n) is 4.62. The molecule has 0 aromatic carbocycles. The van der Waals surface area contributed by atoms with Crippen molar-refractivity contribution in [1.29, 1.82) is 0 Å². The lowest BCUT2D eigenvalue weighted by atomic mass is 9.81. The lowest BCUT2D eigenvalue weighted by molar-refractivity contribution is -0.127. The molecule has 70 valence electrons. The molecule has 0 atom stereocenters. The van der Waals surface area contributed by atoms with E-state index in [1.54, 1.807) is 0 Å². The summed E-state index contributed by atoms with van der Waals surface area (Å²) in [5, 5.41) is 8.67. The van der Waals surface area contributed by atoms with E-state index in [4.69, 9.17) is 10.8 Å². The molecule has 1 saturated carbocycles. The van der Waals surface area contributed by atoms with E-state index < -0.39 is 0 Å². The molecule has 3 nitrogen and oxygen atoms in total. The summed E-state index contributed by atoms with van der Waals surface area (Å²) in [5.41, 5.74) is 5.08. The number of aliphatic hydroxyl groups is 1. The number of primary amides is 1. The van der Waals surface area contributed by atoms with E-state index in [-0.39, 0.29) is 17.9 Å². The summed E-state index contributed by atoms with van der Waals surface area (Å²) in [7, 11) is 0. The van der Waals surface area contributed by atoms with Gasteiger partial charge in [-0.3, -0.25) is 4.79 Å². The van der Waals surface area contributed by atoms with Gasteiger partial charge in [0.1, 0.15) is 0 Å². The van der Waals surface area contributed by atoms with Crippen molar-refractivity contribution in [2.45, 2.75) is 38.5 Å². The maximum absolute atomic E-state index is 11.2. The lowest BCUT2D eigenvalue weighted by Crippen LogP contribution is -2.34. The highest BCUT2D eigenvalue weighted by Crippen LogP contribution is 2.41. The van der Waals surface area contributed by atoms with Gasteiger partial charge in [-0.25, -0.2) is 0 Å². The molecule has 0 aromatic heterocycles. The maximum atomic E-state index is 11.2. The van der Waals surface area contributed by atoms with Crippen LogP contribution in [0.3, 0.4) is 0 Å². The third kappa shape index (κ3) is 1.78. The minimum atomic E-state index is -0.275. The fourth-order valence-corrected chi connectivity index (χ4v) is 2.09. The van der Waals surface area contributed by atoms with Crippen LogP contribution in [0, 0.1) is 5.41 Å². The highest BCUT2D eigenvalue weighted by molar-refractivity contribution is 5.81. The molecule has 1 rings (SSSR count). The van der Waals surface area contributed by atoms with Gasteiger partial charge in [0.05, 0.1) is 0 Å². The van der Waals surface area contributed by atoms with Crippen LogP contribution in [0.1, 0.15) is 38.5 Å². The standard InChI is InChI=1S/C9H17NO2/c10-8(12)9(6-3-7-11)4-1-2-5-9/h11H,1-7H2,(H2,10,12). The van der Waals surface area contributed by atoms with Crippen molar-refractivity contribution in [1.82, 2.24) is 0 Å². The Balaban J connectivity index is 2.53. The van der Waals surface area contributed by atoms with E-state index in [0.717, 1.165) is 32.1 Å². The van der Waals surface area contributed by atoms with Crippen LogP contribution < -0.4 is 5.73 Å². The summed E-state index contributed by atoms with van der Waals surface area (Å²) < 4.78 is 0. The van der Waals surface area contributed by atoms with Crippen LogP contribution in [-0.4, -0.2) is 17.6 Å². The normalized spacial score (nSPS) is 21.1. The van der Waals surface area contributed by atoms with Gasteiger partial charge in [0.25, 0.3) is 0 Å². The molecule has 1 fully saturated rings. The third-order valence-corrected chi connectivity index (χ3v) is 2.90. The second kappa shape index (κ2) is 3.90. The molecular formula is C9H17NO2. The Hall–Kier alpha value is -0.570. The molecule has 0 aromatic rings. The lowest BCUT2D eigenvalue weighted by Gasteiger charge is -2.24. The molecule has 3 heteroatoms. The molecule has 1 aliphatic rings. The summed E-state index contributed by atoms with van der Waals surface area (Å²) in [4.78, 5) is 11.2. The first kappa shape index (κ1) is 9.52. The van der Waals surface area contributed by atoms with Gasteiger partial charge >= 0.3 is 0 Å². The quantitative estimate of drug-likeness (QED) is 0.657. The van der Waals surface area contributed by atoms with Crippen LogP contribution in [0.2, 0.25) is 0 Å². The second-order valence-corrected chi connectivity index (χ2v) is 3.68. The van der Waals surface area contributed by atoms with Gasteiger partial charge < -0.3 is 10.8 Å². The van der Waals surface area contributed by atoms with Crippen LogP contribution in [0.15, 0.2) is 0 Å². The number of hydrogen-bond donors (Lipinski definition) is 2. The van der Waals surface area contributed by atoms with Crippen LogP contribution >= 0.6 is 0 Å². The summed E-state index contributed by atoms with van der Waals surface area (Å²) in [6.45, 7) is 0.162. The van der Waals surface area contributed by atoms with E-state index in [0.29, 0.717) is 6.42 Å². The van der Waals surface area contributed by atoms with Gasteiger partial charge in [-0.2, -0.15) is 0 Å². The molecule has 0 radical (unpaired) electrons. The van der Waals surface area contributed by atoms with E-state index in [1.807, 2.05) is 0 Å². The van der Waals surface area contributed by atoms with E-state index in [9.17, 15) is 4.79 Å². The number of carbonyl (C=O) groups excluding carboxylic acids is 1. The van der Waals surface area contributed by atoms with Gasteiger partial charge in [-0.1, -0.05) is 12.8 Å². The van der Waals surface area contributed by atoms with Crippen LogP contribution in [0.4, 0.5) is 0 Å². The molecule has 0 unspecified atom stereocenters. The van der Waals surface area contributed by atoms with Gasteiger partial charge in [-0.15, -0.1) is 0 Å². The number of carbonyl (C=O) groups is 1. The number of aliphatic hydroxyl groups excluding tert-OH is 1. The van der Waals surface area contributed by atoms with Crippen molar-refractivity contribution in [2.24, 2.45) is 11.1 Å². The van der Waals surface area contributed by atoms with E-state index in [2.05, 4.69) is 0 Å². The largest absolute Gasteiger partial charge is 0.396 e. The minimum Gasteiger partial charge on any atom is -0.396 e. The smallest absolute Gasteiger partial charge is 0.223 e. The minimum absolute atomic E-state index is 0.162. The molecule has 0 spiro atoms. The van der Waals surface area contributed by atoms with Crippen molar-refractivity contribution in [3.63, 3.8) is 0 Å². The van der Waals surface area contributed by atoms with Gasteiger partial charge in [0.15, 0.2) is 0 Å². The van der Waals surface area contributed by atoms with Crippen molar-refractivity contribution >= 4 is 5.91 Å². The van der Waals surface area contributed by atoms with Crippen molar-refractivity contribution in [3.8, 4) is 0 Å². The predicted molar refractivity (Wildman–Crippen MR) is 46.4 cm³/mol. The Bertz CT molecular complexity index is 162. The molecule has 0 saturated heterocycles. The van der Waals surface area contributed by atoms with Crippen LogP contribution in [-0.2, 0) is 4.79 Å². The fraction of sp³-hybridized carbons (Fsp3) is 0.889. The fourth-order valence-electron chi connectivity index (χ4n) is 2.09. The zero-order chi connectivity index (χ0) is 9.03. The average molecular weight is 171 g/mol. The first-order valence-corrected chi connectivity index (χ1v) is 4.62. The van der Waals surface area contributed by atoms with Gasteiger partial charge in [-0.05, 0) is 25.7 Å². The molecule has 1 aliphatic carbocycles. The molecule has 0 heterocycles. The van der Waals surface area contributed by atoms with Crippen LogP contribution in [0.5, 0.6) is 0 Å². The Morgan fingerprint density at radius 2 is 2.00 bits per heavy atom. The maximum Gasteiger partial charge on any atom is 0.223 e. The Kier molecular flexibility index (Phi) is 3.09. The van der Waals surface area contributed by atoms with Crippen molar-refractivity contribution in [3.05, 3.63) is 0 Å². The molecule has 0 bridgehead atoms. The highest BCUT2D eigenvalue weighted by Gasteiger charge is 2.38. The van der Waals surface area contributed by atoms with Crippen LogP contribution in [0.25, 0.3) is 0 Å². The third-order valence-electron chi connectivity index (χ3n) is 2.90. The SMILES string of the molecule is NC(=O)C1(CCCO)CCCC1. The summed E-state index contributed by atoms with van der Waals surface area (Å²) in [6, 6.07) is 0. The summed E-state index contributed by atoms with van der Waals surface area (Å²) in [5.74, 6) is -0.173. The Morgan fingerprint density at radius 3 is 2.42 bits per heavy atom. The topological polar surface area (TPSA) is 63.3 Å². The van der Waals surface area contributed by atoms with Crippen molar-refractivity contribution in [2.75, 3.05) is 6.61 Å².